The maximum absolute atomic E-state index is 11.6. The summed E-state index contributed by atoms with van der Waals surface area (Å²) < 4.78 is 38.8. The number of hydrogen-bond donors (Lipinski definition) is 1. The normalized spacial score (nSPS) is 11.2. The zero-order valence-corrected chi connectivity index (χ0v) is 8.41. The predicted molar refractivity (Wildman–Crippen MR) is 47.9 cm³/mol. The summed E-state index contributed by atoms with van der Waals surface area (Å²) in [5.74, 6) is 0. The molecule has 0 fully saturated rings. The zero-order valence-electron chi connectivity index (χ0n) is 7.59. The summed E-state index contributed by atoms with van der Waals surface area (Å²) >= 11 is 1.15. The van der Waals surface area contributed by atoms with E-state index in [1.54, 1.807) is 6.92 Å². The molecule has 1 N–H and O–H groups in total. The minimum absolute atomic E-state index is 0.208. The lowest BCUT2D eigenvalue weighted by atomic mass is 10.7. The van der Waals surface area contributed by atoms with Crippen LogP contribution in [0, 0.1) is 6.92 Å². The van der Waals surface area contributed by atoms with Crippen molar-refractivity contribution in [3.63, 3.8) is 0 Å². The molecule has 0 unspecified atom stereocenters. The number of rotatable bonds is 2. The highest BCUT2D eigenvalue weighted by molar-refractivity contribution is 7.15. The van der Waals surface area contributed by atoms with Gasteiger partial charge in [0.2, 0.25) is 0 Å². The van der Waals surface area contributed by atoms with Gasteiger partial charge in [0.1, 0.15) is 0 Å². The van der Waals surface area contributed by atoms with E-state index in [2.05, 4.69) is 15.0 Å². The summed E-state index contributed by atoms with van der Waals surface area (Å²) in [6, 6.07) is 0. The van der Waals surface area contributed by atoms with Gasteiger partial charge in [-0.3, -0.25) is 5.32 Å². The second kappa shape index (κ2) is 4.47. The number of nitrogens with zero attached hydrogens (tertiary/aromatic N) is 1. The van der Waals surface area contributed by atoms with Crippen LogP contribution in [0.5, 0.6) is 0 Å². The number of anilines is 1. The first-order valence-corrected chi connectivity index (χ1v) is 4.61. The van der Waals surface area contributed by atoms with Gasteiger partial charge in [-0.25, -0.2) is 9.78 Å². The number of nitrogens with one attached hydrogen (secondary N) is 1. The summed E-state index contributed by atoms with van der Waals surface area (Å²) in [4.78, 5) is 15.4. The number of ether oxygens (including phenoxy) is 1. The number of carbonyl (C=O) groups excluding carboxylic acids is 1. The van der Waals surface area contributed by atoms with E-state index in [0.29, 0.717) is 0 Å². The Morgan fingerprint density at radius 2 is 2.33 bits per heavy atom. The molecule has 84 valence electrons. The van der Waals surface area contributed by atoms with Crippen molar-refractivity contribution in [2.24, 2.45) is 0 Å². The van der Waals surface area contributed by atoms with Crippen LogP contribution in [-0.4, -0.2) is 23.9 Å². The minimum Gasteiger partial charge on any atom is -0.440 e. The summed E-state index contributed by atoms with van der Waals surface area (Å²) in [6.07, 6.45) is -4.19. The third kappa shape index (κ3) is 4.63. The topological polar surface area (TPSA) is 51.2 Å². The van der Waals surface area contributed by atoms with Gasteiger partial charge in [0.25, 0.3) is 0 Å². The van der Waals surface area contributed by atoms with Gasteiger partial charge < -0.3 is 4.74 Å². The first kappa shape index (κ1) is 11.8. The van der Waals surface area contributed by atoms with Crippen molar-refractivity contribution in [2.45, 2.75) is 13.1 Å². The molecule has 1 aromatic rings. The van der Waals surface area contributed by atoms with E-state index in [9.17, 15) is 18.0 Å². The maximum Gasteiger partial charge on any atom is 0.422 e. The standard InChI is InChI=1S/C7H7F3N2O2S/c1-4-2-11-5(15-4)12-6(13)14-3-7(8,9)10/h2H,3H2,1H3,(H,11,12,13). The van der Waals surface area contributed by atoms with Crippen LogP contribution in [0.15, 0.2) is 6.20 Å². The van der Waals surface area contributed by atoms with E-state index in [1.807, 2.05) is 0 Å². The highest BCUT2D eigenvalue weighted by Crippen LogP contribution is 2.18. The van der Waals surface area contributed by atoms with Crippen molar-refractivity contribution in [1.29, 1.82) is 0 Å². The van der Waals surface area contributed by atoms with Crippen LogP contribution < -0.4 is 5.32 Å². The van der Waals surface area contributed by atoms with E-state index in [0.717, 1.165) is 16.2 Å². The van der Waals surface area contributed by atoms with Crippen molar-refractivity contribution in [2.75, 3.05) is 11.9 Å². The number of alkyl halides is 3. The molecule has 4 nitrogen and oxygen atoms in total. The Kier molecular flexibility index (Phi) is 3.51. The molecule has 0 saturated carbocycles. The number of aromatic nitrogens is 1. The number of hydrogen-bond acceptors (Lipinski definition) is 4. The van der Waals surface area contributed by atoms with Gasteiger partial charge in [0.05, 0.1) is 0 Å². The third-order valence-electron chi connectivity index (χ3n) is 1.20. The number of aryl methyl sites for hydroxylation is 1. The van der Waals surface area contributed by atoms with Crippen molar-refractivity contribution in [3.05, 3.63) is 11.1 Å². The monoisotopic (exact) mass is 240 g/mol. The molecule has 0 spiro atoms. The molecule has 0 aliphatic carbocycles. The molecule has 1 amide bonds. The Morgan fingerprint density at radius 3 is 2.80 bits per heavy atom. The molecule has 1 rings (SSSR count). The first-order valence-electron chi connectivity index (χ1n) is 3.80. The Morgan fingerprint density at radius 1 is 1.67 bits per heavy atom. The average molecular weight is 240 g/mol. The molecule has 0 aromatic carbocycles. The van der Waals surface area contributed by atoms with E-state index < -0.39 is 18.9 Å². The van der Waals surface area contributed by atoms with Crippen molar-refractivity contribution in [1.82, 2.24) is 4.98 Å². The fraction of sp³-hybridized carbons (Fsp3) is 0.429. The summed E-state index contributed by atoms with van der Waals surface area (Å²) in [5.41, 5.74) is 0. The van der Waals surface area contributed by atoms with Crippen LogP contribution in [0.3, 0.4) is 0 Å². The Bertz CT molecular complexity index is 350. The van der Waals surface area contributed by atoms with Gasteiger partial charge in [-0.1, -0.05) is 0 Å². The third-order valence-corrected chi connectivity index (χ3v) is 2.03. The lowest BCUT2D eigenvalue weighted by molar-refractivity contribution is -0.159. The summed E-state index contributed by atoms with van der Waals surface area (Å²) in [7, 11) is 0. The van der Waals surface area contributed by atoms with Crippen LogP contribution >= 0.6 is 11.3 Å². The van der Waals surface area contributed by atoms with Gasteiger partial charge in [-0.15, -0.1) is 11.3 Å². The Labute approximate surface area is 87.1 Å². The fourth-order valence-electron chi connectivity index (χ4n) is 0.683. The van der Waals surface area contributed by atoms with Crippen LogP contribution in [0.1, 0.15) is 4.88 Å². The molecule has 1 heterocycles. The molecule has 0 radical (unpaired) electrons. The molecular weight excluding hydrogens is 233 g/mol. The van der Waals surface area contributed by atoms with E-state index in [-0.39, 0.29) is 5.13 Å². The van der Waals surface area contributed by atoms with Crippen molar-refractivity contribution >= 4 is 22.6 Å². The SMILES string of the molecule is Cc1cnc(NC(=O)OCC(F)(F)F)s1. The zero-order chi connectivity index (χ0) is 11.5. The fourth-order valence-corrected chi connectivity index (χ4v) is 1.33. The molecule has 0 aliphatic rings. The predicted octanol–water partition coefficient (Wildman–Crippen LogP) is 2.56. The smallest absolute Gasteiger partial charge is 0.422 e. The quantitative estimate of drug-likeness (QED) is 0.864. The molecule has 0 aliphatic heterocycles. The highest BCUT2D eigenvalue weighted by atomic mass is 32.1. The first-order chi connectivity index (χ1) is 6.87. The number of carbonyl (C=O) groups is 1. The van der Waals surface area contributed by atoms with E-state index >= 15 is 0 Å². The Balaban J connectivity index is 2.37. The van der Waals surface area contributed by atoms with Crippen molar-refractivity contribution < 1.29 is 22.7 Å². The van der Waals surface area contributed by atoms with Gasteiger partial charge in [0.15, 0.2) is 11.7 Å². The second-order valence-electron chi connectivity index (χ2n) is 2.59. The molecule has 8 heteroatoms. The van der Waals surface area contributed by atoms with Crippen molar-refractivity contribution in [3.8, 4) is 0 Å². The number of thiazole rings is 1. The van der Waals surface area contributed by atoms with Gasteiger partial charge >= 0.3 is 12.3 Å². The van der Waals surface area contributed by atoms with Gasteiger partial charge in [-0.05, 0) is 6.92 Å². The molecule has 0 atom stereocenters. The largest absolute Gasteiger partial charge is 0.440 e. The maximum atomic E-state index is 11.6. The van der Waals surface area contributed by atoms with Gasteiger partial charge in [0, 0.05) is 11.1 Å². The Hall–Kier alpha value is -1.31. The summed E-state index contributed by atoms with van der Waals surface area (Å²) in [6.45, 7) is 0.146. The molecule has 0 saturated heterocycles. The molecule has 0 bridgehead atoms. The molecule has 15 heavy (non-hydrogen) atoms. The van der Waals surface area contributed by atoms with E-state index in [4.69, 9.17) is 0 Å². The van der Waals surface area contributed by atoms with E-state index in [1.165, 1.54) is 6.20 Å². The van der Waals surface area contributed by atoms with Crippen LogP contribution in [-0.2, 0) is 4.74 Å². The molecular formula is C7H7F3N2O2S. The second-order valence-corrected chi connectivity index (χ2v) is 3.83. The minimum atomic E-state index is -4.52. The number of halogens is 3. The lowest BCUT2D eigenvalue weighted by Gasteiger charge is -2.07. The highest BCUT2D eigenvalue weighted by Gasteiger charge is 2.29. The average Bonchev–Trinajstić information content (AvgIpc) is 2.47. The summed E-state index contributed by atoms with van der Waals surface area (Å²) in [5, 5.41) is 2.29. The van der Waals surface area contributed by atoms with Crippen LogP contribution in [0.25, 0.3) is 0 Å². The molecule has 1 aromatic heterocycles. The van der Waals surface area contributed by atoms with Crippen LogP contribution in [0.2, 0.25) is 0 Å². The number of amides is 1. The van der Waals surface area contributed by atoms with Gasteiger partial charge in [-0.2, -0.15) is 13.2 Å². The van der Waals surface area contributed by atoms with Crippen LogP contribution in [0.4, 0.5) is 23.1 Å². The lowest BCUT2D eigenvalue weighted by Crippen LogP contribution is -2.23.